The van der Waals surface area contributed by atoms with Crippen LogP contribution in [0, 0.1) is 0 Å². The molecule has 1 aromatic carbocycles. The van der Waals surface area contributed by atoms with Gasteiger partial charge in [-0.1, -0.05) is 53.7 Å². The number of alkyl halides is 2. The highest BCUT2D eigenvalue weighted by Gasteiger charge is 2.46. The summed E-state index contributed by atoms with van der Waals surface area (Å²) >= 11 is 0. The first-order valence-electron chi connectivity index (χ1n) is 8.43. The van der Waals surface area contributed by atoms with E-state index in [1.165, 1.54) is 0 Å². The molecule has 27 heavy (non-hydrogen) atoms. The summed E-state index contributed by atoms with van der Waals surface area (Å²) in [5, 5.41) is -4.74. The summed E-state index contributed by atoms with van der Waals surface area (Å²) in [5.74, 6) is -0.394. The molecule has 156 valence electrons. The molecule has 0 aromatic heterocycles. The minimum atomic E-state index is -5.80. The normalized spacial score (nSPS) is 13.8. The van der Waals surface area contributed by atoms with Crippen molar-refractivity contribution < 1.29 is 34.4 Å². The van der Waals surface area contributed by atoms with Crippen LogP contribution in [0.15, 0.2) is 17.0 Å². The van der Waals surface area contributed by atoms with E-state index in [9.17, 15) is 25.6 Å². The van der Waals surface area contributed by atoms with E-state index >= 15 is 0 Å². The number of hydrogen-bond acceptors (Lipinski definition) is 5. The Morgan fingerprint density at radius 3 is 1.63 bits per heavy atom. The van der Waals surface area contributed by atoms with Crippen molar-refractivity contribution in [3.05, 3.63) is 28.8 Å². The van der Waals surface area contributed by atoms with Gasteiger partial charge in [0.15, 0.2) is 0 Å². The zero-order chi connectivity index (χ0) is 21.4. The molecule has 0 atom stereocenters. The van der Waals surface area contributed by atoms with E-state index < -0.39 is 32.1 Å². The first kappa shape index (κ1) is 23.9. The standard InChI is InChI=1S/C17H26F2O6S2/c1-10(2)13-7-14(11(3)4)16(15(8-13)12(5)6)26(20,21)25-9-17(18,19)27(22,23)24/h7-8,10-12H,9H2,1-6H3,(H,22,23,24). The lowest BCUT2D eigenvalue weighted by molar-refractivity contribution is 0.0311. The summed E-state index contributed by atoms with van der Waals surface area (Å²) in [5.41, 5.74) is 1.70. The highest BCUT2D eigenvalue weighted by atomic mass is 32.2. The fourth-order valence-corrected chi connectivity index (χ4v) is 4.33. The van der Waals surface area contributed by atoms with Crippen molar-refractivity contribution in [2.75, 3.05) is 6.61 Å². The third kappa shape index (κ3) is 5.46. The Kier molecular flexibility index (Phi) is 7.18. The predicted octanol–water partition coefficient (Wildman–Crippen LogP) is 4.24. The third-order valence-electron chi connectivity index (χ3n) is 4.09. The van der Waals surface area contributed by atoms with Crippen LogP contribution in [0.3, 0.4) is 0 Å². The first-order valence-corrected chi connectivity index (χ1v) is 11.3. The van der Waals surface area contributed by atoms with E-state index in [1.54, 1.807) is 39.8 Å². The van der Waals surface area contributed by atoms with E-state index in [2.05, 4.69) is 4.18 Å². The average molecular weight is 429 g/mol. The van der Waals surface area contributed by atoms with Gasteiger partial charge >= 0.3 is 15.4 Å². The molecule has 0 amide bonds. The number of halogens is 2. The van der Waals surface area contributed by atoms with Gasteiger partial charge in [0.05, 0.1) is 0 Å². The molecule has 0 aliphatic rings. The molecule has 1 aromatic rings. The molecule has 0 spiro atoms. The Morgan fingerprint density at radius 1 is 0.926 bits per heavy atom. The van der Waals surface area contributed by atoms with Crippen LogP contribution >= 0.6 is 0 Å². The minimum absolute atomic E-state index is 0.113. The molecule has 0 radical (unpaired) electrons. The molecule has 0 bridgehead atoms. The Labute approximate surface area is 159 Å². The van der Waals surface area contributed by atoms with Gasteiger partial charge in [-0.25, -0.2) is 0 Å². The minimum Gasteiger partial charge on any atom is -0.281 e. The molecule has 10 heteroatoms. The van der Waals surface area contributed by atoms with Crippen molar-refractivity contribution in [3.63, 3.8) is 0 Å². The molecule has 0 unspecified atom stereocenters. The van der Waals surface area contributed by atoms with E-state index in [0.29, 0.717) is 11.1 Å². The summed E-state index contributed by atoms with van der Waals surface area (Å²) < 4.78 is 86.6. The Hall–Kier alpha value is -1.10. The molecule has 0 fully saturated rings. The van der Waals surface area contributed by atoms with Crippen LogP contribution in [-0.2, 0) is 24.4 Å². The Morgan fingerprint density at radius 2 is 1.33 bits per heavy atom. The zero-order valence-corrected chi connectivity index (χ0v) is 17.8. The lowest BCUT2D eigenvalue weighted by Gasteiger charge is -2.23. The van der Waals surface area contributed by atoms with Gasteiger partial charge in [-0.2, -0.15) is 25.6 Å². The lowest BCUT2D eigenvalue weighted by atomic mass is 9.89. The molecular formula is C17H26F2O6S2. The van der Waals surface area contributed by atoms with Crippen molar-refractivity contribution in [2.45, 2.75) is 69.4 Å². The van der Waals surface area contributed by atoms with Crippen LogP contribution in [0.4, 0.5) is 8.78 Å². The first-order chi connectivity index (χ1) is 12.0. The smallest absolute Gasteiger partial charge is 0.281 e. The van der Waals surface area contributed by atoms with Crippen molar-refractivity contribution in [2.24, 2.45) is 0 Å². The Bertz CT molecular complexity index is 859. The SMILES string of the molecule is CC(C)c1cc(C(C)C)c(S(=O)(=O)OCC(F)(F)S(=O)(=O)O)c(C(C)C)c1. The predicted molar refractivity (Wildman–Crippen MR) is 98.3 cm³/mol. The van der Waals surface area contributed by atoms with E-state index in [0.717, 1.165) is 5.56 Å². The van der Waals surface area contributed by atoms with Crippen molar-refractivity contribution in [1.29, 1.82) is 0 Å². The van der Waals surface area contributed by atoms with Crippen LogP contribution < -0.4 is 0 Å². The summed E-state index contributed by atoms with van der Waals surface area (Å²) in [6, 6.07) is 3.39. The largest absolute Gasteiger partial charge is 0.393 e. The van der Waals surface area contributed by atoms with Crippen LogP contribution in [0.25, 0.3) is 0 Å². The second kappa shape index (κ2) is 8.10. The van der Waals surface area contributed by atoms with Gasteiger partial charge in [0.2, 0.25) is 0 Å². The summed E-state index contributed by atoms with van der Waals surface area (Å²) in [4.78, 5) is -0.233. The molecule has 0 aliphatic heterocycles. The third-order valence-corrected chi connectivity index (χ3v) is 6.36. The van der Waals surface area contributed by atoms with Gasteiger partial charge in [-0.15, -0.1) is 0 Å². The van der Waals surface area contributed by atoms with Crippen molar-refractivity contribution >= 4 is 20.2 Å². The highest BCUT2D eigenvalue weighted by Crippen LogP contribution is 2.36. The van der Waals surface area contributed by atoms with Crippen molar-refractivity contribution in [1.82, 2.24) is 0 Å². The number of rotatable bonds is 8. The molecule has 1 N–H and O–H groups in total. The molecule has 1 rings (SSSR count). The monoisotopic (exact) mass is 428 g/mol. The zero-order valence-electron chi connectivity index (χ0n) is 16.2. The van der Waals surface area contributed by atoms with E-state index in [4.69, 9.17) is 4.55 Å². The van der Waals surface area contributed by atoms with Gasteiger partial charge in [0.1, 0.15) is 11.5 Å². The van der Waals surface area contributed by atoms with Gasteiger partial charge in [0, 0.05) is 0 Å². The topological polar surface area (TPSA) is 97.7 Å². The second-order valence-corrected chi connectivity index (χ2v) is 10.4. The second-order valence-electron chi connectivity index (χ2n) is 7.32. The van der Waals surface area contributed by atoms with Crippen molar-refractivity contribution in [3.8, 4) is 0 Å². The van der Waals surface area contributed by atoms with Gasteiger partial charge in [-0.05, 0) is 34.4 Å². The fraction of sp³-hybridized carbons (Fsp3) is 0.647. The molecule has 0 heterocycles. The fourth-order valence-electron chi connectivity index (χ4n) is 2.46. The van der Waals surface area contributed by atoms with Crippen LogP contribution in [0.2, 0.25) is 0 Å². The van der Waals surface area contributed by atoms with E-state index in [-0.39, 0.29) is 22.6 Å². The van der Waals surface area contributed by atoms with Gasteiger partial charge < -0.3 is 0 Å². The average Bonchev–Trinajstić information content (AvgIpc) is 2.50. The molecule has 0 aliphatic carbocycles. The maximum absolute atomic E-state index is 13.4. The molecule has 0 saturated carbocycles. The molecular weight excluding hydrogens is 402 g/mol. The van der Waals surface area contributed by atoms with Crippen LogP contribution in [0.5, 0.6) is 0 Å². The molecule has 0 saturated heterocycles. The van der Waals surface area contributed by atoms with E-state index in [1.807, 2.05) is 13.8 Å². The van der Waals surface area contributed by atoms with Crippen LogP contribution in [-0.4, -0.2) is 33.2 Å². The number of hydrogen-bond donors (Lipinski definition) is 1. The quantitative estimate of drug-likeness (QED) is 0.491. The Balaban J connectivity index is 3.58. The summed E-state index contributed by atoms with van der Waals surface area (Å²) in [6.07, 6.45) is 0. The van der Waals surface area contributed by atoms with Gasteiger partial charge in [0.25, 0.3) is 10.1 Å². The number of benzene rings is 1. The maximum atomic E-state index is 13.4. The maximum Gasteiger partial charge on any atom is 0.393 e. The summed E-state index contributed by atoms with van der Waals surface area (Å²) in [7, 11) is -10.5. The summed E-state index contributed by atoms with van der Waals surface area (Å²) in [6.45, 7) is 8.92. The van der Waals surface area contributed by atoms with Gasteiger partial charge in [-0.3, -0.25) is 8.74 Å². The highest BCUT2D eigenvalue weighted by molar-refractivity contribution is 7.87. The lowest BCUT2D eigenvalue weighted by Crippen LogP contribution is -2.34. The van der Waals surface area contributed by atoms with Crippen LogP contribution in [0.1, 0.15) is 76.0 Å². The molecule has 6 nitrogen and oxygen atoms in total.